The molecule has 0 spiro atoms. The van der Waals surface area contributed by atoms with Crippen LogP contribution in [0, 0.1) is 5.92 Å². The number of hydrogen-bond acceptors (Lipinski definition) is 7. The van der Waals surface area contributed by atoms with Crippen LogP contribution in [0.2, 0.25) is 5.02 Å². The second kappa shape index (κ2) is 8.50. The van der Waals surface area contributed by atoms with Crippen molar-refractivity contribution < 1.29 is 4.74 Å². The van der Waals surface area contributed by atoms with Crippen molar-refractivity contribution >= 4 is 23.4 Å². The molecular formula is C24H30ClN7O. The van der Waals surface area contributed by atoms with E-state index in [-0.39, 0.29) is 5.54 Å². The molecule has 1 saturated heterocycles. The van der Waals surface area contributed by atoms with Crippen molar-refractivity contribution in [1.29, 1.82) is 0 Å². The normalized spacial score (nSPS) is 19.8. The van der Waals surface area contributed by atoms with Crippen LogP contribution in [-0.4, -0.2) is 57.8 Å². The average Bonchev–Trinajstić information content (AvgIpc) is 3.21. The van der Waals surface area contributed by atoms with Crippen molar-refractivity contribution in [3.8, 4) is 11.4 Å². The molecule has 174 valence electrons. The van der Waals surface area contributed by atoms with Crippen LogP contribution in [0.3, 0.4) is 0 Å². The van der Waals surface area contributed by atoms with E-state index in [1.54, 1.807) is 13.2 Å². The Hall–Kier alpha value is -2.84. The first-order valence-electron chi connectivity index (χ1n) is 11.3. The fraction of sp³-hybridized carbons (Fsp3) is 0.458. The first kappa shape index (κ1) is 22.0. The fourth-order valence-electron chi connectivity index (χ4n) is 4.53. The standard InChI is InChI=1S/C24H30ClN7O/c1-16(2)20-12-30(3)15-32(20)22-5-8-26-23(28-22)29-24(6-7-24)21-13-31(14-27-21)18-9-17(25)10-19(11-18)33-4/h5,8-11,13-14,16,20H,6-7,12,15H2,1-4H3,(H,26,28,29)/t20-/m1/s1. The molecule has 33 heavy (non-hydrogen) atoms. The molecule has 0 unspecified atom stereocenters. The smallest absolute Gasteiger partial charge is 0.225 e. The molecule has 9 heteroatoms. The van der Waals surface area contributed by atoms with Crippen LogP contribution in [0.1, 0.15) is 32.4 Å². The highest BCUT2D eigenvalue weighted by Crippen LogP contribution is 2.47. The highest BCUT2D eigenvalue weighted by Gasteiger charge is 2.47. The number of ether oxygens (including phenoxy) is 1. The number of aromatic nitrogens is 4. The first-order chi connectivity index (χ1) is 15.9. The van der Waals surface area contributed by atoms with E-state index < -0.39 is 0 Å². The van der Waals surface area contributed by atoms with Gasteiger partial charge >= 0.3 is 0 Å². The molecule has 2 aliphatic rings. The van der Waals surface area contributed by atoms with Gasteiger partial charge in [-0.25, -0.2) is 9.97 Å². The Morgan fingerprint density at radius 2 is 2.03 bits per heavy atom. The fourth-order valence-corrected chi connectivity index (χ4v) is 4.75. The molecule has 0 radical (unpaired) electrons. The van der Waals surface area contributed by atoms with Crippen molar-refractivity contribution in [3.63, 3.8) is 0 Å². The summed E-state index contributed by atoms with van der Waals surface area (Å²) in [6, 6.07) is 8.07. The Bertz CT molecular complexity index is 1140. The molecule has 3 aromatic rings. The van der Waals surface area contributed by atoms with E-state index in [0.717, 1.165) is 43.3 Å². The molecule has 1 aliphatic heterocycles. The molecular weight excluding hydrogens is 438 g/mol. The van der Waals surface area contributed by atoms with Crippen molar-refractivity contribution in [3.05, 3.63) is 53.7 Å². The lowest BCUT2D eigenvalue weighted by molar-refractivity contribution is 0.392. The van der Waals surface area contributed by atoms with Gasteiger partial charge in [-0.2, -0.15) is 4.98 Å². The zero-order chi connectivity index (χ0) is 23.2. The molecule has 1 N–H and O–H groups in total. The number of imidazole rings is 1. The minimum atomic E-state index is -0.244. The summed E-state index contributed by atoms with van der Waals surface area (Å²) in [4.78, 5) is 18.8. The Morgan fingerprint density at radius 1 is 1.21 bits per heavy atom. The van der Waals surface area contributed by atoms with Crippen molar-refractivity contribution in [2.24, 2.45) is 5.92 Å². The maximum Gasteiger partial charge on any atom is 0.225 e. The lowest BCUT2D eigenvalue weighted by Gasteiger charge is -2.27. The van der Waals surface area contributed by atoms with Crippen LogP contribution in [0.25, 0.3) is 5.69 Å². The quantitative estimate of drug-likeness (QED) is 0.559. The van der Waals surface area contributed by atoms with Crippen LogP contribution in [0.5, 0.6) is 5.75 Å². The zero-order valence-electron chi connectivity index (χ0n) is 19.5. The van der Waals surface area contributed by atoms with E-state index in [1.165, 1.54) is 0 Å². The first-order valence-corrected chi connectivity index (χ1v) is 11.7. The average molecular weight is 468 g/mol. The van der Waals surface area contributed by atoms with Gasteiger partial charge in [-0.1, -0.05) is 25.4 Å². The van der Waals surface area contributed by atoms with Gasteiger partial charge in [0.05, 0.1) is 37.0 Å². The second-order valence-corrected chi connectivity index (χ2v) is 9.86. The number of benzene rings is 1. The lowest BCUT2D eigenvalue weighted by Crippen LogP contribution is -2.35. The molecule has 1 aromatic carbocycles. The van der Waals surface area contributed by atoms with Gasteiger partial charge in [-0.05, 0) is 44.0 Å². The SMILES string of the molecule is COc1cc(Cl)cc(-n2cnc(C3(Nc4nccc(N5CN(C)C[C@@H]5C(C)C)n4)CC3)c2)c1. The number of likely N-dealkylation sites (N-methyl/N-ethyl adjacent to an activating group) is 1. The van der Waals surface area contributed by atoms with E-state index >= 15 is 0 Å². The summed E-state index contributed by atoms with van der Waals surface area (Å²) in [5.74, 6) is 2.86. The van der Waals surface area contributed by atoms with Crippen molar-refractivity contribution in [1.82, 2.24) is 24.4 Å². The Labute approximate surface area is 199 Å². The van der Waals surface area contributed by atoms with Crippen LogP contribution >= 0.6 is 11.6 Å². The largest absolute Gasteiger partial charge is 0.497 e. The maximum atomic E-state index is 6.25. The molecule has 8 nitrogen and oxygen atoms in total. The van der Waals surface area contributed by atoms with Gasteiger partial charge in [0.1, 0.15) is 11.6 Å². The van der Waals surface area contributed by atoms with Crippen LogP contribution < -0.4 is 15.0 Å². The van der Waals surface area contributed by atoms with E-state index in [2.05, 4.69) is 41.0 Å². The Kier molecular flexibility index (Phi) is 5.66. The number of halogens is 1. The monoisotopic (exact) mass is 467 g/mol. The van der Waals surface area contributed by atoms with Gasteiger partial charge in [0, 0.05) is 36.1 Å². The molecule has 2 fully saturated rings. The summed E-state index contributed by atoms with van der Waals surface area (Å²) >= 11 is 6.25. The minimum Gasteiger partial charge on any atom is -0.497 e. The summed E-state index contributed by atoms with van der Waals surface area (Å²) in [5, 5.41) is 4.20. The van der Waals surface area contributed by atoms with Gasteiger partial charge < -0.3 is 19.5 Å². The Balaban J connectivity index is 1.37. The number of methoxy groups -OCH3 is 1. The van der Waals surface area contributed by atoms with E-state index in [0.29, 0.717) is 28.7 Å². The maximum absolute atomic E-state index is 6.25. The minimum absolute atomic E-state index is 0.244. The number of anilines is 2. The predicted molar refractivity (Wildman–Crippen MR) is 130 cm³/mol. The summed E-state index contributed by atoms with van der Waals surface area (Å²) in [6.45, 7) is 6.45. The molecule has 3 heterocycles. The molecule has 1 atom stereocenters. The number of hydrogen-bond donors (Lipinski definition) is 1. The molecule has 0 bridgehead atoms. The number of nitrogens with zero attached hydrogens (tertiary/aromatic N) is 6. The Morgan fingerprint density at radius 3 is 2.76 bits per heavy atom. The number of rotatable bonds is 7. The lowest BCUT2D eigenvalue weighted by atomic mass is 10.0. The zero-order valence-corrected chi connectivity index (χ0v) is 20.3. The third-order valence-corrected chi connectivity index (χ3v) is 6.78. The van der Waals surface area contributed by atoms with Crippen molar-refractivity contribution in [2.45, 2.75) is 38.3 Å². The third kappa shape index (κ3) is 4.37. The summed E-state index contributed by atoms with van der Waals surface area (Å²) < 4.78 is 7.32. The highest BCUT2D eigenvalue weighted by molar-refractivity contribution is 6.30. The van der Waals surface area contributed by atoms with Crippen molar-refractivity contribution in [2.75, 3.05) is 37.6 Å². The molecule has 2 aromatic heterocycles. The highest BCUT2D eigenvalue weighted by atomic mass is 35.5. The van der Waals surface area contributed by atoms with Crippen LogP contribution in [0.4, 0.5) is 11.8 Å². The summed E-state index contributed by atoms with van der Waals surface area (Å²) in [7, 11) is 3.79. The topological polar surface area (TPSA) is 71.3 Å². The second-order valence-electron chi connectivity index (χ2n) is 9.42. The van der Waals surface area contributed by atoms with Gasteiger partial charge in [-0.15, -0.1) is 0 Å². The molecule has 5 rings (SSSR count). The van der Waals surface area contributed by atoms with Gasteiger partial charge in [-0.3, -0.25) is 4.90 Å². The predicted octanol–water partition coefficient (Wildman–Crippen LogP) is 4.16. The van der Waals surface area contributed by atoms with Gasteiger partial charge in [0.2, 0.25) is 5.95 Å². The van der Waals surface area contributed by atoms with Gasteiger partial charge in [0.15, 0.2) is 0 Å². The van der Waals surface area contributed by atoms with E-state index in [9.17, 15) is 0 Å². The van der Waals surface area contributed by atoms with Crippen LogP contribution in [0.15, 0.2) is 43.0 Å². The summed E-state index contributed by atoms with van der Waals surface area (Å²) in [6.07, 6.45) is 7.66. The molecule has 1 aliphatic carbocycles. The molecule has 1 saturated carbocycles. The van der Waals surface area contributed by atoms with E-state index in [4.69, 9.17) is 26.3 Å². The number of nitrogens with one attached hydrogen (secondary N) is 1. The van der Waals surface area contributed by atoms with Gasteiger partial charge in [0.25, 0.3) is 0 Å². The van der Waals surface area contributed by atoms with E-state index in [1.807, 2.05) is 41.5 Å². The summed E-state index contributed by atoms with van der Waals surface area (Å²) in [5.41, 5.74) is 1.63. The van der Waals surface area contributed by atoms with Crippen LogP contribution in [-0.2, 0) is 5.54 Å². The third-order valence-electron chi connectivity index (χ3n) is 6.56. The molecule has 0 amide bonds.